The summed E-state index contributed by atoms with van der Waals surface area (Å²) in [5.41, 5.74) is 2.29. The molecule has 0 saturated carbocycles. The van der Waals surface area contributed by atoms with Crippen LogP contribution in [0.25, 0.3) is 0 Å². The van der Waals surface area contributed by atoms with Crippen molar-refractivity contribution in [2.24, 2.45) is 0 Å². The molecule has 128 valence electrons. The minimum absolute atomic E-state index is 0. The molecule has 0 saturated heterocycles. The molecule has 0 fully saturated rings. The van der Waals surface area contributed by atoms with Gasteiger partial charge in [-0.05, 0) is 37.1 Å². The fraction of sp³-hybridized carbons (Fsp3) is 0.647. The molecule has 0 bridgehead atoms. The van der Waals surface area contributed by atoms with Crippen LogP contribution < -0.4 is 9.47 Å². The quantitative estimate of drug-likeness (QED) is 0.613. The van der Waals surface area contributed by atoms with E-state index in [-0.39, 0.29) is 12.4 Å². The lowest BCUT2D eigenvalue weighted by Crippen LogP contribution is -2.30. The summed E-state index contributed by atoms with van der Waals surface area (Å²) in [4.78, 5) is 2.29. The van der Waals surface area contributed by atoms with Crippen LogP contribution in [0.4, 0.5) is 0 Å². The third-order valence-electron chi connectivity index (χ3n) is 3.66. The van der Waals surface area contributed by atoms with E-state index in [0.29, 0.717) is 18.4 Å². The molecule has 0 heterocycles. The Labute approximate surface area is 146 Å². The molecule has 0 radical (unpaired) electrons. The van der Waals surface area contributed by atoms with Crippen LogP contribution in [-0.2, 0) is 0 Å². The minimum atomic E-state index is 0. The molecule has 0 aliphatic carbocycles. The van der Waals surface area contributed by atoms with Gasteiger partial charge in [0.2, 0.25) is 0 Å². The number of hydrogen-bond acceptors (Lipinski definition) is 3. The summed E-state index contributed by atoms with van der Waals surface area (Å²) >= 11 is 5.80. The summed E-state index contributed by atoms with van der Waals surface area (Å²) < 4.78 is 11.4. The minimum Gasteiger partial charge on any atom is -0.496 e. The third kappa shape index (κ3) is 6.23. The molecular formula is C17H29Cl2NO2. The number of nitrogens with zero attached hydrogens (tertiary/aromatic N) is 1. The van der Waals surface area contributed by atoms with E-state index < -0.39 is 0 Å². The van der Waals surface area contributed by atoms with Crippen LogP contribution in [-0.4, -0.2) is 44.1 Å². The Kier molecular flexibility index (Phi) is 10.7. The van der Waals surface area contributed by atoms with Crippen LogP contribution in [0.15, 0.2) is 12.1 Å². The molecule has 1 aromatic rings. The third-order valence-corrected chi connectivity index (χ3v) is 3.83. The van der Waals surface area contributed by atoms with Gasteiger partial charge in [-0.3, -0.25) is 4.90 Å². The van der Waals surface area contributed by atoms with E-state index in [1.807, 2.05) is 6.92 Å². The van der Waals surface area contributed by atoms with Crippen molar-refractivity contribution in [1.82, 2.24) is 4.90 Å². The number of hydrogen-bond donors (Lipinski definition) is 0. The van der Waals surface area contributed by atoms with Gasteiger partial charge in [0.1, 0.15) is 18.1 Å². The number of methoxy groups -OCH3 is 1. The number of aryl methyl sites for hydroxylation is 1. The second-order valence-electron chi connectivity index (χ2n) is 5.49. The van der Waals surface area contributed by atoms with Crippen LogP contribution in [0.2, 0.25) is 0 Å². The van der Waals surface area contributed by atoms with Crippen LogP contribution in [0, 0.1) is 6.92 Å². The van der Waals surface area contributed by atoms with Gasteiger partial charge in [-0.2, -0.15) is 0 Å². The van der Waals surface area contributed by atoms with E-state index in [4.69, 9.17) is 21.1 Å². The Morgan fingerprint density at radius 2 is 1.86 bits per heavy atom. The van der Waals surface area contributed by atoms with Crippen molar-refractivity contribution in [2.45, 2.75) is 33.6 Å². The van der Waals surface area contributed by atoms with Crippen LogP contribution >= 0.6 is 24.0 Å². The number of benzene rings is 1. The maximum Gasteiger partial charge on any atom is 0.123 e. The summed E-state index contributed by atoms with van der Waals surface area (Å²) in [7, 11) is 1.71. The van der Waals surface area contributed by atoms with E-state index in [9.17, 15) is 0 Å². The maximum atomic E-state index is 6.02. The lowest BCUT2D eigenvalue weighted by molar-refractivity contribution is 0.222. The van der Waals surface area contributed by atoms with E-state index >= 15 is 0 Å². The predicted molar refractivity (Wildman–Crippen MR) is 97.4 cm³/mol. The highest BCUT2D eigenvalue weighted by Gasteiger charge is 2.12. The van der Waals surface area contributed by atoms with Gasteiger partial charge in [0.05, 0.1) is 7.11 Å². The average Bonchev–Trinajstić information content (AvgIpc) is 2.46. The largest absolute Gasteiger partial charge is 0.496 e. The Balaban J connectivity index is 0.00000441. The molecule has 22 heavy (non-hydrogen) atoms. The van der Waals surface area contributed by atoms with Gasteiger partial charge in [0.15, 0.2) is 0 Å². The van der Waals surface area contributed by atoms with Crippen molar-refractivity contribution in [3.05, 3.63) is 23.3 Å². The molecule has 0 aliphatic rings. The van der Waals surface area contributed by atoms with Crippen molar-refractivity contribution >= 4 is 24.0 Å². The highest BCUT2D eigenvalue weighted by Crippen LogP contribution is 2.33. The first-order valence-electron chi connectivity index (χ1n) is 7.63. The monoisotopic (exact) mass is 349 g/mol. The first-order chi connectivity index (χ1) is 10.0. The second kappa shape index (κ2) is 11.0. The van der Waals surface area contributed by atoms with Gasteiger partial charge < -0.3 is 9.47 Å². The molecule has 0 atom stereocenters. The van der Waals surface area contributed by atoms with Crippen LogP contribution in [0.5, 0.6) is 11.5 Å². The molecule has 0 spiro atoms. The average molecular weight is 350 g/mol. The first kappa shape index (κ1) is 21.4. The summed E-state index contributed by atoms with van der Waals surface area (Å²) in [6, 6.07) is 4.16. The number of halogens is 2. The number of likely N-dealkylation sites (N-methyl/N-ethyl adjacent to an activating group) is 1. The van der Waals surface area contributed by atoms with E-state index in [0.717, 1.165) is 36.7 Å². The zero-order valence-corrected chi connectivity index (χ0v) is 15.9. The van der Waals surface area contributed by atoms with Gasteiger partial charge >= 0.3 is 0 Å². The molecule has 0 aromatic heterocycles. The highest BCUT2D eigenvalue weighted by molar-refractivity contribution is 6.18. The zero-order chi connectivity index (χ0) is 15.8. The van der Waals surface area contributed by atoms with E-state index in [2.05, 4.69) is 37.8 Å². The molecule has 0 aliphatic heterocycles. The number of alkyl halides is 1. The van der Waals surface area contributed by atoms with Crippen LogP contribution in [0.1, 0.15) is 37.8 Å². The first-order valence-corrected chi connectivity index (χ1v) is 8.16. The normalized spacial score (nSPS) is 10.7. The van der Waals surface area contributed by atoms with Crippen LogP contribution in [0.3, 0.4) is 0 Å². The molecule has 5 heteroatoms. The second-order valence-corrected chi connectivity index (χ2v) is 5.86. The summed E-state index contributed by atoms with van der Waals surface area (Å²) in [6.07, 6.45) is 0. The van der Waals surface area contributed by atoms with Crippen molar-refractivity contribution in [2.75, 3.05) is 39.2 Å². The van der Waals surface area contributed by atoms with Gasteiger partial charge in [0, 0.05) is 24.5 Å². The van der Waals surface area contributed by atoms with Gasteiger partial charge in [0.25, 0.3) is 0 Å². The lowest BCUT2D eigenvalue weighted by Gasteiger charge is -2.21. The molecule has 0 amide bonds. The molecule has 0 N–H and O–H groups in total. The van der Waals surface area contributed by atoms with E-state index in [1.165, 1.54) is 5.56 Å². The predicted octanol–water partition coefficient (Wildman–Crippen LogP) is 4.49. The lowest BCUT2D eigenvalue weighted by atomic mass is 10.00. The Morgan fingerprint density at radius 1 is 1.18 bits per heavy atom. The van der Waals surface area contributed by atoms with Crippen molar-refractivity contribution in [3.63, 3.8) is 0 Å². The van der Waals surface area contributed by atoms with Crippen molar-refractivity contribution < 1.29 is 9.47 Å². The van der Waals surface area contributed by atoms with Gasteiger partial charge in [-0.1, -0.05) is 20.8 Å². The highest BCUT2D eigenvalue weighted by atomic mass is 35.5. The van der Waals surface area contributed by atoms with Gasteiger partial charge in [-0.15, -0.1) is 24.0 Å². The zero-order valence-electron chi connectivity index (χ0n) is 14.3. The number of ether oxygens (including phenoxy) is 2. The van der Waals surface area contributed by atoms with Gasteiger partial charge in [-0.25, -0.2) is 0 Å². The van der Waals surface area contributed by atoms with E-state index in [1.54, 1.807) is 7.11 Å². The maximum absolute atomic E-state index is 6.02. The fourth-order valence-corrected chi connectivity index (χ4v) is 2.54. The number of rotatable bonds is 9. The Morgan fingerprint density at radius 3 is 2.36 bits per heavy atom. The molecule has 0 unspecified atom stereocenters. The molecule has 1 rings (SSSR count). The summed E-state index contributed by atoms with van der Waals surface area (Å²) in [5, 5.41) is 0. The standard InChI is InChI=1S/C17H28ClNO2.ClH/c1-6-19(8-7-18)9-10-21-17-11-14(4)16(20-5)12-15(17)13(2)3;/h11-13H,6-10H2,1-5H3;1H. The topological polar surface area (TPSA) is 21.7 Å². The summed E-state index contributed by atoms with van der Waals surface area (Å²) in [5.74, 6) is 2.94. The molecule has 1 aromatic carbocycles. The molecule has 3 nitrogen and oxygen atoms in total. The Hall–Kier alpha value is -0.640. The SMILES string of the molecule is CCN(CCCl)CCOc1cc(C)c(OC)cc1C(C)C.Cl. The van der Waals surface area contributed by atoms with Crippen molar-refractivity contribution in [3.8, 4) is 11.5 Å². The fourth-order valence-electron chi connectivity index (χ4n) is 2.31. The Bertz CT molecular complexity index is 439. The summed E-state index contributed by atoms with van der Waals surface area (Å²) in [6.45, 7) is 12.0. The smallest absolute Gasteiger partial charge is 0.123 e. The van der Waals surface area contributed by atoms with Crippen molar-refractivity contribution in [1.29, 1.82) is 0 Å². The molecular weight excluding hydrogens is 321 g/mol.